The van der Waals surface area contributed by atoms with Crippen molar-refractivity contribution in [2.75, 3.05) is 0 Å². The number of benzene rings is 1. The van der Waals surface area contributed by atoms with Crippen molar-refractivity contribution in [1.82, 2.24) is 14.7 Å². The van der Waals surface area contributed by atoms with Gasteiger partial charge in [0.1, 0.15) is 5.65 Å². The van der Waals surface area contributed by atoms with Crippen molar-refractivity contribution < 1.29 is 8.78 Å². The van der Waals surface area contributed by atoms with E-state index in [0.29, 0.717) is 23.4 Å². The monoisotopic (exact) mass is 329 g/mol. The Balaban J connectivity index is 1.81. The number of hydrogen-bond donors (Lipinski definition) is 1. The molecule has 3 rings (SSSR count). The zero-order chi connectivity index (χ0) is 17.3. The molecular weight excluding hydrogens is 312 g/mol. The molecule has 0 amide bonds. The number of fused-ring (bicyclic) bond motifs is 1. The number of aromatic nitrogens is 2. The number of aryl methyl sites for hydroxylation is 1. The van der Waals surface area contributed by atoms with Crippen LogP contribution >= 0.6 is 0 Å². The minimum absolute atomic E-state index is 0.152. The molecule has 0 saturated heterocycles. The number of nitrogens with one attached hydrogen (secondary N) is 1. The van der Waals surface area contributed by atoms with E-state index in [1.165, 1.54) is 22.6 Å². The summed E-state index contributed by atoms with van der Waals surface area (Å²) in [5, 5.41) is 3.17. The van der Waals surface area contributed by atoms with Crippen LogP contribution in [0.2, 0.25) is 0 Å². The van der Waals surface area contributed by atoms with E-state index in [4.69, 9.17) is 0 Å². The highest BCUT2D eigenvalue weighted by Crippen LogP contribution is 2.16. The van der Waals surface area contributed by atoms with Gasteiger partial charge in [0.2, 0.25) is 0 Å². The smallest absolute Gasteiger partial charge is 0.258 e. The Bertz CT molecular complexity index is 953. The highest BCUT2D eigenvalue weighted by atomic mass is 19.2. The molecule has 0 aliphatic rings. The van der Waals surface area contributed by atoms with E-state index in [1.54, 1.807) is 12.3 Å². The fraction of sp³-hybridized carbons (Fsp3) is 0.222. The third-order valence-corrected chi connectivity index (χ3v) is 3.97. The second-order valence-corrected chi connectivity index (χ2v) is 5.75. The van der Waals surface area contributed by atoms with Crippen LogP contribution in [0.5, 0.6) is 0 Å². The fourth-order valence-electron chi connectivity index (χ4n) is 2.56. The van der Waals surface area contributed by atoms with Gasteiger partial charge in [-0.3, -0.25) is 9.20 Å². The second kappa shape index (κ2) is 6.49. The third kappa shape index (κ3) is 3.19. The minimum atomic E-state index is -0.876. The first-order valence-electron chi connectivity index (χ1n) is 7.62. The van der Waals surface area contributed by atoms with Gasteiger partial charge in [0.05, 0.1) is 5.69 Å². The quantitative estimate of drug-likeness (QED) is 0.800. The molecule has 0 saturated carbocycles. The van der Waals surface area contributed by atoms with Crippen LogP contribution in [0, 0.1) is 18.6 Å². The van der Waals surface area contributed by atoms with Crippen LogP contribution in [0.3, 0.4) is 0 Å². The molecule has 0 fully saturated rings. The zero-order valence-electron chi connectivity index (χ0n) is 13.4. The summed E-state index contributed by atoms with van der Waals surface area (Å²) in [5.41, 5.74) is 2.60. The lowest BCUT2D eigenvalue weighted by atomic mass is 10.1. The molecule has 1 N–H and O–H groups in total. The van der Waals surface area contributed by atoms with Crippen molar-refractivity contribution in [3.8, 4) is 0 Å². The average Bonchev–Trinajstić information content (AvgIpc) is 2.56. The van der Waals surface area contributed by atoms with Gasteiger partial charge >= 0.3 is 0 Å². The van der Waals surface area contributed by atoms with Crippen molar-refractivity contribution >= 4 is 5.65 Å². The number of hydrogen-bond acceptors (Lipinski definition) is 3. The summed E-state index contributed by atoms with van der Waals surface area (Å²) in [5.74, 6) is -1.75. The predicted molar refractivity (Wildman–Crippen MR) is 87.8 cm³/mol. The predicted octanol–water partition coefficient (Wildman–Crippen LogP) is 3.13. The molecule has 3 aromatic rings. The summed E-state index contributed by atoms with van der Waals surface area (Å²) in [6.07, 6.45) is 1.68. The topological polar surface area (TPSA) is 46.4 Å². The Morgan fingerprint density at radius 3 is 2.75 bits per heavy atom. The Morgan fingerprint density at radius 1 is 1.21 bits per heavy atom. The standard InChI is InChI=1S/C18H17F2N3O/c1-11-4-3-7-23-17(24)9-14(22-18(11)23)10-21-12(2)13-5-6-15(19)16(20)8-13/h3-9,12,21H,10H2,1-2H3. The Hall–Kier alpha value is -2.60. The van der Waals surface area contributed by atoms with Gasteiger partial charge in [0.15, 0.2) is 11.6 Å². The molecule has 0 aliphatic carbocycles. The van der Waals surface area contributed by atoms with Gasteiger partial charge in [-0.2, -0.15) is 0 Å². The van der Waals surface area contributed by atoms with Gasteiger partial charge in [0, 0.05) is 24.8 Å². The van der Waals surface area contributed by atoms with Crippen LogP contribution in [0.15, 0.2) is 47.4 Å². The Labute approximate surface area is 137 Å². The number of pyridine rings is 1. The van der Waals surface area contributed by atoms with Gasteiger partial charge in [0.25, 0.3) is 5.56 Å². The van der Waals surface area contributed by atoms with Gasteiger partial charge in [-0.05, 0) is 43.2 Å². The minimum Gasteiger partial charge on any atom is -0.305 e. The normalized spacial score (nSPS) is 12.5. The molecule has 0 bridgehead atoms. The zero-order valence-corrected chi connectivity index (χ0v) is 13.4. The first kappa shape index (κ1) is 16.3. The van der Waals surface area contributed by atoms with Crippen LogP contribution in [0.25, 0.3) is 5.65 Å². The lowest BCUT2D eigenvalue weighted by Crippen LogP contribution is -2.22. The summed E-state index contributed by atoms with van der Waals surface area (Å²) in [6.45, 7) is 4.08. The maximum absolute atomic E-state index is 13.3. The third-order valence-electron chi connectivity index (χ3n) is 3.97. The van der Waals surface area contributed by atoms with Crippen molar-refractivity contribution in [3.63, 3.8) is 0 Å². The van der Waals surface area contributed by atoms with E-state index in [2.05, 4.69) is 10.3 Å². The molecule has 2 aromatic heterocycles. The largest absolute Gasteiger partial charge is 0.305 e. The summed E-state index contributed by atoms with van der Waals surface area (Å²) < 4.78 is 27.8. The average molecular weight is 329 g/mol. The number of halogens is 2. The summed E-state index contributed by atoms with van der Waals surface area (Å²) in [7, 11) is 0. The van der Waals surface area contributed by atoms with Crippen molar-refractivity contribution in [2.24, 2.45) is 0 Å². The van der Waals surface area contributed by atoms with E-state index < -0.39 is 11.6 Å². The van der Waals surface area contributed by atoms with Gasteiger partial charge < -0.3 is 5.32 Å². The fourth-order valence-corrected chi connectivity index (χ4v) is 2.56. The first-order valence-corrected chi connectivity index (χ1v) is 7.62. The van der Waals surface area contributed by atoms with E-state index in [0.717, 1.165) is 11.6 Å². The molecule has 4 nitrogen and oxygen atoms in total. The highest BCUT2D eigenvalue weighted by Gasteiger charge is 2.10. The summed E-state index contributed by atoms with van der Waals surface area (Å²) in [6, 6.07) is 8.75. The van der Waals surface area contributed by atoms with Crippen LogP contribution in [-0.4, -0.2) is 9.38 Å². The molecule has 0 spiro atoms. The molecule has 124 valence electrons. The van der Waals surface area contributed by atoms with Crippen molar-refractivity contribution in [2.45, 2.75) is 26.4 Å². The van der Waals surface area contributed by atoms with Crippen molar-refractivity contribution in [1.29, 1.82) is 0 Å². The molecule has 24 heavy (non-hydrogen) atoms. The molecule has 1 unspecified atom stereocenters. The van der Waals surface area contributed by atoms with Gasteiger partial charge in [-0.25, -0.2) is 13.8 Å². The second-order valence-electron chi connectivity index (χ2n) is 5.75. The van der Waals surface area contributed by atoms with Crippen LogP contribution in [0.1, 0.15) is 29.8 Å². The van der Waals surface area contributed by atoms with Gasteiger partial charge in [-0.15, -0.1) is 0 Å². The lowest BCUT2D eigenvalue weighted by Gasteiger charge is -2.14. The van der Waals surface area contributed by atoms with Crippen LogP contribution in [-0.2, 0) is 6.54 Å². The van der Waals surface area contributed by atoms with Crippen LogP contribution < -0.4 is 10.9 Å². The van der Waals surface area contributed by atoms with E-state index in [9.17, 15) is 13.6 Å². The number of nitrogens with zero attached hydrogens (tertiary/aromatic N) is 2. The SMILES string of the molecule is Cc1cccn2c(=O)cc(CNC(C)c3ccc(F)c(F)c3)nc12. The maximum atomic E-state index is 13.3. The van der Waals surface area contributed by atoms with E-state index in [1.807, 2.05) is 19.9 Å². The Morgan fingerprint density at radius 2 is 2.00 bits per heavy atom. The molecule has 0 radical (unpaired) electrons. The van der Waals surface area contributed by atoms with E-state index >= 15 is 0 Å². The molecule has 6 heteroatoms. The van der Waals surface area contributed by atoms with E-state index in [-0.39, 0.29) is 11.6 Å². The first-order chi connectivity index (χ1) is 11.5. The van der Waals surface area contributed by atoms with Crippen molar-refractivity contribution in [3.05, 3.63) is 81.4 Å². The number of rotatable bonds is 4. The Kier molecular flexibility index (Phi) is 4.40. The van der Waals surface area contributed by atoms with Crippen LogP contribution in [0.4, 0.5) is 8.78 Å². The summed E-state index contributed by atoms with van der Waals surface area (Å²) in [4.78, 5) is 16.7. The summed E-state index contributed by atoms with van der Waals surface area (Å²) >= 11 is 0. The lowest BCUT2D eigenvalue weighted by molar-refractivity contribution is 0.500. The molecule has 1 atom stereocenters. The molecule has 1 aromatic carbocycles. The maximum Gasteiger partial charge on any atom is 0.258 e. The molecule has 2 heterocycles. The molecular formula is C18H17F2N3O. The molecule has 0 aliphatic heterocycles. The van der Waals surface area contributed by atoms with Gasteiger partial charge in [-0.1, -0.05) is 12.1 Å². The highest BCUT2D eigenvalue weighted by molar-refractivity contribution is 5.46.